The summed E-state index contributed by atoms with van der Waals surface area (Å²) in [5, 5.41) is 8.73. The maximum absolute atomic E-state index is 12.2. The van der Waals surface area contributed by atoms with Crippen LogP contribution < -0.4 is 16.0 Å². The highest BCUT2D eigenvalue weighted by atomic mass is 16.2. The number of nitrogens with one attached hydrogen (secondary N) is 3. The van der Waals surface area contributed by atoms with Gasteiger partial charge < -0.3 is 20.9 Å². The van der Waals surface area contributed by atoms with Crippen LogP contribution in [0.3, 0.4) is 0 Å². The second-order valence-corrected chi connectivity index (χ2v) is 6.60. The molecule has 0 atom stereocenters. The van der Waals surface area contributed by atoms with E-state index in [1.807, 2.05) is 13.8 Å². The van der Waals surface area contributed by atoms with Crippen molar-refractivity contribution in [2.24, 2.45) is 0 Å². The lowest BCUT2D eigenvalue weighted by Crippen LogP contribution is -2.46. The summed E-state index contributed by atoms with van der Waals surface area (Å²) in [7, 11) is 0. The average molecular weight is 346 g/mol. The standard InChI is InChI=1S/C19H30N4O2/c1-4-10-23-11-8-16(9-12-23)21-19(25)22-17-7-6-15(13-14(17)3)18(24)20-5-2/h6-7,13,16H,4-5,8-12H2,1-3H3,(H,20,24)(H2,21,22,25). The van der Waals surface area contributed by atoms with Crippen LogP contribution in [0.2, 0.25) is 0 Å². The van der Waals surface area contributed by atoms with Crippen LogP contribution >= 0.6 is 0 Å². The minimum Gasteiger partial charge on any atom is -0.352 e. The first-order valence-electron chi connectivity index (χ1n) is 9.22. The second kappa shape index (κ2) is 9.42. The van der Waals surface area contributed by atoms with Crippen molar-refractivity contribution < 1.29 is 9.59 Å². The molecule has 0 saturated carbocycles. The van der Waals surface area contributed by atoms with Crippen molar-refractivity contribution in [1.82, 2.24) is 15.5 Å². The molecule has 1 saturated heterocycles. The third-order valence-corrected chi connectivity index (χ3v) is 4.54. The first-order chi connectivity index (χ1) is 12.0. The van der Waals surface area contributed by atoms with Crippen molar-refractivity contribution in [1.29, 1.82) is 0 Å². The van der Waals surface area contributed by atoms with Gasteiger partial charge in [-0.15, -0.1) is 0 Å². The number of benzene rings is 1. The van der Waals surface area contributed by atoms with Crippen molar-refractivity contribution in [3.8, 4) is 0 Å². The number of hydrogen-bond acceptors (Lipinski definition) is 3. The fraction of sp³-hybridized carbons (Fsp3) is 0.579. The monoisotopic (exact) mass is 346 g/mol. The number of piperidine rings is 1. The number of likely N-dealkylation sites (tertiary alicyclic amines) is 1. The normalized spacial score (nSPS) is 15.6. The number of anilines is 1. The van der Waals surface area contributed by atoms with E-state index >= 15 is 0 Å². The van der Waals surface area contributed by atoms with E-state index in [-0.39, 0.29) is 18.0 Å². The van der Waals surface area contributed by atoms with Gasteiger partial charge in [0.25, 0.3) is 5.91 Å². The molecule has 0 unspecified atom stereocenters. The highest BCUT2D eigenvalue weighted by molar-refractivity contribution is 5.96. The number of carbonyl (C=O) groups excluding carboxylic acids is 2. The molecule has 2 rings (SSSR count). The van der Waals surface area contributed by atoms with Crippen LogP contribution in [-0.4, -0.2) is 49.1 Å². The summed E-state index contributed by atoms with van der Waals surface area (Å²) in [6.07, 6.45) is 3.15. The topological polar surface area (TPSA) is 73.5 Å². The molecule has 25 heavy (non-hydrogen) atoms. The molecule has 1 aromatic carbocycles. The Balaban J connectivity index is 1.85. The van der Waals surface area contributed by atoms with Crippen molar-refractivity contribution in [2.75, 3.05) is 31.5 Å². The number of aryl methyl sites for hydroxylation is 1. The van der Waals surface area contributed by atoms with Crippen molar-refractivity contribution in [3.05, 3.63) is 29.3 Å². The number of urea groups is 1. The smallest absolute Gasteiger partial charge is 0.319 e. The molecular weight excluding hydrogens is 316 g/mol. The summed E-state index contributed by atoms with van der Waals surface area (Å²) < 4.78 is 0. The summed E-state index contributed by atoms with van der Waals surface area (Å²) in [6.45, 7) is 9.78. The minimum absolute atomic E-state index is 0.0968. The number of carbonyl (C=O) groups is 2. The van der Waals surface area contributed by atoms with Gasteiger partial charge in [0.1, 0.15) is 0 Å². The van der Waals surface area contributed by atoms with E-state index < -0.39 is 0 Å². The predicted octanol–water partition coefficient (Wildman–Crippen LogP) is 2.74. The molecule has 0 radical (unpaired) electrons. The Bertz CT molecular complexity index is 595. The highest BCUT2D eigenvalue weighted by Crippen LogP contribution is 2.17. The Hall–Kier alpha value is -2.08. The third kappa shape index (κ3) is 5.74. The number of amides is 3. The second-order valence-electron chi connectivity index (χ2n) is 6.60. The van der Waals surface area contributed by atoms with E-state index in [1.165, 1.54) is 6.42 Å². The summed E-state index contributed by atoms with van der Waals surface area (Å²) in [6, 6.07) is 5.36. The van der Waals surface area contributed by atoms with Gasteiger partial charge in [-0.3, -0.25) is 4.79 Å². The zero-order chi connectivity index (χ0) is 18.2. The molecule has 0 aromatic heterocycles. The maximum atomic E-state index is 12.2. The zero-order valence-corrected chi connectivity index (χ0v) is 15.5. The van der Waals surface area contributed by atoms with Gasteiger partial charge in [0, 0.05) is 36.9 Å². The lowest BCUT2D eigenvalue weighted by Gasteiger charge is -2.32. The molecule has 1 aliphatic heterocycles. The van der Waals surface area contributed by atoms with E-state index in [0.29, 0.717) is 12.1 Å². The van der Waals surface area contributed by atoms with Crippen LogP contribution in [-0.2, 0) is 0 Å². The number of nitrogens with zero attached hydrogens (tertiary/aromatic N) is 1. The lowest BCUT2D eigenvalue weighted by molar-refractivity contribution is 0.0955. The quantitative estimate of drug-likeness (QED) is 0.741. The van der Waals surface area contributed by atoms with Gasteiger partial charge in [0.2, 0.25) is 0 Å². The zero-order valence-electron chi connectivity index (χ0n) is 15.5. The SMILES string of the molecule is CCCN1CCC(NC(=O)Nc2ccc(C(=O)NCC)cc2C)CC1. The fourth-order valence-electron chi connectivity index (χ4n) is 3.17. The Labute approximate surface area is 150 Å². The Morgan fingerprint density at radius 1 is 1.20 bits per heavy atom. The molecule has 0 spiro atoms. The minimum atomic E-state index is -0.178. The molecule has 3 N–H and O–H groups in total. The van der Waals surface area contributed by atoms with Crippen LogP contribution in [0.25, 0.3) is 0 Å². The van der Waals surface area contributed by atoms with E-state index in [9.17, 15) is 9.59 Å². The molecule has 1 aromatic rings. The molecule has 138 valence electrons. The van der Waals surface area contributed by atoms with Crippen molar-refractivity contribution in [3.63, 3.8) is 0 Å². The van der Waals surface area contributed by atoms with Gasteiger partial charge in [0.05, 0.1) is 0 Å². The van der Waals surface area contributed by atoms with Gasteiger partial charge >= 0.3 is 6.03 Å². The Morgan fingerprint density at radius 2 is 1.92 bits per heavy atom. The maximum Gasteiger partial charge on any atom is 0.319 e. The first kappa shape index (κ1) is 19.2. The van der Waals surface area contributed by atoms with Gasteiger partial charge in [-0.1, -0.05) is 6.92 Å². The largest absolute Gasteiger partial charge is 0.352 e. The molecule has 1 fully saturated rings. The van der Waals surface area contributed by atoms with Gasteiger partial charge in [-0.2, -0.15) is 0 Å². The van der Waals surface area contributed by atoms with E-state index in [1.54, 1.807) is 18.2 Å². The molecule has 1 heterocycles. The first-order valence-corrected chi connectivity index (χ1v) is 9.22. The van der Waals surface area contributed by atoms with Crippen LogP contribution in [0.5, 0.6) is 0 Å². The van der Waals surface area contributed by atoms with Crippen LogP contribution in [0, 0.1) is 6.92 Å². The lowest BCUT2D eigenvalue weighted by atomic mass is 10.1. The van der Waals surface area contributed by atoms with E-state index in [0.717, 1.165) is 43.7 Å². The molecule has 0 aliphatic carbocycles. The Morgan fingerprint density at radius 3 is 2.52 bits per heavy atom. The van der Waals surface area contributed by atoms with Crippen molar-refractivity contribution in [2.45, 2.75) is 46.1 Å². The Kier molecular flexibility index (Phi) is 7.25. The van der Waals surface area contributed by atoms with Crippen LogP contribution in [0.15, 0.2) is 18.2 Å². The van der Waals surface area contributed by atoms with Crippen molar-refractivity contribution >= 4 is 17.6 Å². The molecule has 3 amide bonds. The van der Waals surface area contributed by atoms with E-state index in [2.05, 4.69) is 27.8 Å². The highest BCUT2D eigenvalue weighted by Gasteiger charge is 2.20. The van der Waals surface area contributed by atoms with Gasteiger partial charge in [-0.25, -0.2) is 4.79 Å². The third-order valence-electron chi connectivity index (χ3n) is 4.54. The number of hydrogen-bond donors (Lipinski definition) is 3. The van der Waals surface area contributed by atoms with Crippen LogP contribution in [0.4, 0.5) is 10.5 Å². The molecular formula is C19H30N4O2. The van der Waals surface area contributed by atoms with Gasteiger partial charge in [0.15, 0.2) is 0 Å². The number of rotatable bonds is 6. The average Bonchev–Trinajstić information content (AvgIpc) is 2.59. The van der Waals surface area contributed by atoms with E-state index in [4.69, 9.17) is 0 Å². The van der Waals surface area contributed by atoms with Gasteiger partial charge in [-0.05, 0) is 63.4 Å². The fourth-order valence-corrected chi connectivity index (χ4v) is 3.17. The summed E-state index contributed by atoms with van der Waals surface area (Å²) in [5.41, 5.74) is 2.21. The predicted molar refractivity (Wildman–Crippen MR) is 101 cm³/mol. The molecule has 6 heteroatoms. The summed E-state index contributed by atoms with van der Waals surface area (Å²) >= 11 is 0. The molecule has 0 bridgehead atoms. The summed E-state index contributed by atoms with van der Waals surface area (Å²) in [5.74, 6) is -0.0968. The van der Waals surface area contributed by atoms with Crippen LogP contribution in [0.1, 0.15) is 49.0 Å². The molecule has 6 nitrogen and oxygen atoms in total. The summed E-state index contributed by atoms with van der Waals surface area (Å²) in [4.78, 5) is 26.5. The molecule has 1 aliphatic rings.